The monoisotopic (exact) mass is 286 g/mol. The van der Waals surface area contributed by atoms with Crippen molar-refractivity contribution < 1.29 is 9.84 Å². The van der Waals surface area contributed by atoms with Crippen LogP contribution in [0, 0.1) is 0 Å². The number of hydrogen-bond donors (Lipinski definition) is 1. The molecule has 2 heterocycles. The number of fused-ring (bicyclic) bond motifs is 1. The molecule has 1 saturated heterocycles. The van der Waals surface area contributed by atoms with E-state index in [9.17, 15) is 5.11 Å². The van der Waals surface area contributed by atoms with Gasteiger partial charge in [0.2, 0.25) is 0 Å². The molecule has 0 saturated carbocycles. The second-order valence-corrected chi connectivity index (χ2v) is 5.58. The lowest BCUT2D eigenvalue weighted by molar-refractivity contribution is 0.262. The van der Waals surface area contributed by atoms with Crippen LogP contribution >= 0.6 is 0 Å². The van der Waals surface area contributed by atoms with E-state index in [1.54, 1.807) is 7.11 Å². The summed E-state index contributed by atoms with van der Waals surface area (Å²) in [5.41, 5.74) is 0. The summed E-state index contributed by atoms with van der Waals surface area (Å²) in [6, 6.07) is 8.53. The molecule has 1 fully saturated rings. The van der Waals surface area contributed by atoms with Gasteiger partial charge in [-0.1, -0.05) is 0 Å². The number of ether oxygens (including phenoxy) is 1. The summed E-state index contributed by atoms with van der Waals surface area (Å²) in [6.07, 6.45) is 6.24. The minimum absolute atomic E-state index is 0.236. The number of pyridine rings is 1. The Morgan fingerprint density at radius 2 is 2.24 bits per heavy atom. The summed E-state index contributed by atoms with van der Waals surface area (Å²) in [4.78, 5) is 6.99. The summed E-state index contributed by atoms with van der Waals surface area (Å²) in [5.74, 6) is 1.90. The molecule has 1 atom stereocenters. The number of benzene rings is 1. The minimum Gasteiger partial charge on any atom is -0.497 e. The minimum atomic E-state index is 0.236. The number of aromatic nitrogens is 1. The maximum atomic E-state index is 9.30. The van der Waals surface area contributed by atoms with Gasteiger partial charge < -0.3 is 14.7 Å². The zero-order valence-electron chi connectivity index (χ0n) is 12.5. The van der Waals surface area contributed by atoms with Gasteiger partial charge in [-0.25, -0.2) is 4.98 Å². The van der Waals surface area contributed by atoms with Crippen molar-refractivity contribution in [2.75, 3.05) is 25.2 Å². The molecule has 1 aromatic heterocycles. The van der Waals surface area contributed by atoms with Crippen LogP contribution in [0.1, 0.15) is 25.7 Å². The van der Waals surface area contributed by atoms with Crippen molar-refractivity contribution >= 4 is 16.6 Å². The smallest absolute Gasteiger partial charge is 0.136 e. The highest BCUT2D eigenvalue weighted by Crippen LogP contribution is 2.32. The van der Waals surface area contributed by atoms with Crippen molar-refractivity contribution in [2.24, 2.45) is 0 Å². The molecule has 0 aliphatic carbocycles. The van der Waals surface area contributed by atoms with Gasteiger partial charge in [-0.3, -0.25) is 0 Å². The summed E-state index contributed by atoms with van der Waals surface area (Å²) in [5, 5.41) is 11.6. The van der Waals surface area contributed by atoms with E-state index in [1.807, 2.05) is 24.4 Å². The molecular weight excluding hydrogens is 264 g/mol. The van der Waals surface area contributed by atoms with Crippen molar-refractivity contribution in [3.63, 3.8) is 0 Å². The van der Waals surface area contributed by atoms with Crippen LogP contribution in [-0.2, 0) is 0 Å². The van der Waals surface area contributed by atoms with E-state index in [-0.39, 0.29) is 6.61 Å². The van der Waals surface area contributed by atoms with Crippen LogP contribution in [0.4, 0.5) is 5.82 Å². The lowest BCUT2D eigenvalue weighted by atomic mass is 9.98. The topological polar surface area (TPSA) is 45.6 Å². The second-order valence-electron chi connectivity index (χ2n) is 5.58. The highest BCUT2D eigenvalue weighted by atomic mass is 16.5. The highest BCUT2D eigenvalue weighted by molar-refractivity contribution is 5.93. The Bertz CT molecular complexity index is 613. The fraction of sp³-hybridized carbons (Fsp3) is 0.471. The summed E-state index contributed by atoms with van der Waals surface area (Å²) >= 11 is 0. The molecule has 0 spiro atoms. The van der Waals surface area contributed by atoms with Crippen LogP contribution < -0.4 is 9.64 Å². The molecule has 1 aliphatic rings. The third kappa shape index (κ3) is 2.81. The molecule has 2 aromatic rings. The van der Waals surface area contributed by atoms with Gasteiger partial charge in [0.05, 0.1) is 7.11 Å². The fourth-order valence-corrected chi connectivity index (χ4v) is 3.22. The van der Waals surface area contributed by atoms with Crippen LogP contribution in [-0.4, -0.2) is 36.4 Å². The van der Waals surface area contributed by atoms with Crippen molar-refractivity contribution in [3.05, 3.63) is 30.5 Å². The van der Waals surface area contributed by atoms with E-state index in [1.165, 1.54) is 12.8 Å². The molecule has 21 heavy (non-hydrogen) atoms. The Morgan fingerprint density at radius 3 is 3.05 bits per heavy atom. The number of anilines is 1. The molecule has 0 amide bonds. The van der Waals surface area contributed by atoms with Crippen molar-refractivity contribution in [3.8, 4) is 5.75 Å². The van der Waals surface area contributed by atoms with Crippen LogP contribution in [0.5, 0.6) is 5.75 Å². The number of rotatable bonds is 4. The Kier molecular flexibility index (Phi) is 4.25. The normalized spacial score (nSPS) is 19.0. The quantitative estimate of drug-likeness (QED) is 0.938. The Hall–Kier alpha value is -1.81. The van der Waals surface area contributed by atoms with Gasteiger partial charge in [0, 0.05) is 30.8 Å². The lowest BCUT2D eigenvalue weighted by Gasteiger charge is -2.37. The molecule has 1 aromatic carbocycles. The average molecular weight is 286 g/mol. The standard InChI is InChI=1S/C17H22N2O2/c1-21-15-5-6-16-13(12-15)7-9-18-17(16)19-10-3-2-4-14(19)8-11-20/h5-7,9,12,14,20H,2-4,8,10-11H2,1H3. The molecular formula is C17H22N2O2. The van der Waals surface area contributed by atoms with Gasteiger partial charge in [0.15, 0.2) is 0 Å². The number of hydrogen-bond acceptors (Lipinski definition) is 4. The van der Waals surface area contributed by atoms with Crippen molar-refractivity contribution in [2.45, 2.75) is 31.7 Å². The first-order valence-electron chi connectivity index (χ1n) is 7.63. The number of nitrogens with zero attached hydrogens (tertiary/aromatic N) is 2. The largest absolute Gasteiger partial charge is 0.497 e. The van der Waals surface area contributed by atoms with Gasteiger partial charge >= 0.3 is 0 Å². The molecule has 0 bridgehead atoms. The average Bonchev–Trinajstić information content (AvgIpc) is 2.54. The van der Waals surface area contributed by atoms with E-state index in [0.717, 1.165) is 41.7 Å². The molecule has 3 rings (SSSR count). The number of aliphatic hydroxyl groups excluding tert-OH is 1. The Labute approximate surface area is 125 Å². The maximum Gasteiger partial charge on any atom is 0.136 e. The summed E-state index contributed by atoms with van der Waals surface area (Å²) < 4.78 is 5.30. The molecule has 1 aliphatic heterocycles. The SMILES string of the molecule is COc1ccc2c(N3CCCCC3CCO)nccc2c1. The first-order valence-corrected chi connectivity index (χ1v) is 7.63. The Morgan fingerprint density at radius 1 is 1.33 bits per heavy atom. The van der Waals surface area contributed by atoms with Gasteiger partial charge in [0.25, 0.3) is 0 Å². The third-order valence-corrected chi connectivity index (χ3v) is 4.31. The van der Waals surface area contributed by atoms with Crippen molar-refractivity contribution in [1.29, 1.82) is 0 Å². The van der Waals surface area contributed by atoms with E-state index in [0.29, 0.717) is 6.04 Å². The van der Waals surface area contributed by atoms with Crippen molar-refractivity contribution in [1.82, 2.24) is 4.98 Å². The molecule has 1 unspecified atom stereocenters. The summed E-state index contributed by atoms with van der Waals surface area (Å²) in [6.45, 7) is 1.25. The number of methoxy groups -OCH3 is 1. The first-order chi connectivity index (χ1) is 10.3. The second kappa shape index (κ2) is 6.31. The van der Waals surface area contributed by atoms with E-state index < -0.39 is 0 Å². The predicted molar refractivity (Wildman–Crippen MR) is 85.0 cm³/mol. The Balaban J connectivity index is 2.02. The predicted octanol–water partition coefficient (Wildman–Crippen LogP) is 2.98. The van der Waals surface area contributed by atoms with Crippen LogP contribution in [0.3, 0.4) is 0 Å². The van der Waals surface area contributed by atoms with Gasteiger partial charge in [-0.2, -0.15) is 0 Å². The summed E-state index contributed by atoms with van der Waals surface area (Å²) in [7, 11) is 1.69. The highest BCUT2D eigenvalue weighted by Gasteiger charge is 2.24. The van der Waals surface area contributed by atoms with Crippen LogP contribution in [0.2, 0.25) is 0 Å². The number of piperidine rings is 1. The lowest BCUT2D eigenvalue weighted by Crippen LogP contribution is -2.40. The van der Waals surface area contributed by atoms with E-state index in [4.69, 9.17) is 4.74 Å². The molecule has 112 valence electrons. The zero-order valence-corrected chi connectivity index (χ0v) is 12.5. The zero-order chi connectivity index (χ0) is 14.7. The fourth-order valence-electron chi connectivity index (χ4n) is 3.22. The number of aliphatic hydroxyl groups is 1. The molecule has 0 radical (unpaired) electrons. The first kappa shape index (κ1) is 14.1. The van der Waals surface area contributed by atoms with Gasteiger partial charge in [-0.15, -0.1) is 0 Å². The van der Waals surface area contributed by atoms with Gasteiger partial charge in [-0.05, 0) is 55.3 Å². The van der Waals surface area contributed by atoms with E-state index in [2.05, 4.69) is 16.0 Å². The molecule has 1 N–H and O–H groups in total. The van der Waals surface area contributed by atoms with Crippen LogP contribution in [0.25, 0.3) is 10.8 Å². The molecule has 4 heteroatoms. The van der Waals surface area contributed by atoms with E-state index >= 15 is 0 Å². The molecule has 4 nitrogen and oxygen atoms in total. The van der Waals surface area contributed by atoms with Crippen LogP contribution in [0.15, 0.2) is 30.5 Å². The maximum absolute atomic E-state index is 9.30. The third-order valence-electron chi connectivity index (χ3n) is 4.31. The van der Waals surface area contributed by atoms with Gasteiger partial charge in [0.1, 0.15) is 11.6 Å².